The van der Waals surface area contributed by atoms with Gasteiger partial charge in [0.2, 0.25) is 0 Å². The fourth-order valence-electron chi connectivity index (χ4n) is 6.26. The first-order valence-electron chi connectivity index (χ1n) is 14.4. The zero-order valence-electron chi connectivity index (χ0n) is 24.0. The van der Waals surface area contributed by atoms with Crippen LogP contribution in [0.5, 0.6) is 0 Å². The molecule has 2 heterocycles. The topological polar surface area (TPSA) is 175 Å². The number of nitro benzene ring substituents is 3. The summed E-state index contributed by atoms with van der Waals surface area (Å²) in [5.74, 6) is -0.906. The number of non-ortho nitro benzene ring substituents is 2. The molecule has 0 unspecified atom stereocenters. The van der Waals surface area contributed by atoms with Crippen molar-refractivity contribution in [1.82, 2.24) is 5.01 Å². The van der Waals surface area contributed by atoms with E-state index in [0.717, 1.165) is 12.0 Å². The van der Waals surface area contributed by atoms with Crippen LogP contribution < -0.4 is 4.90 Å². The number of carbonyl (C=O) groups is 1. The molecule has 3 aromatic carbocycles. The van der Waals surface area contributed by atoms with Crippen molar-refractivity contribution in [3.05, 3.63) is 119 Å². The maximum Gasteiger partial charge on any atom is 0.293 e. The van der Waals surface area contributed by atoms with Crippen molar-refractivity contribution in [2.45, 2.75) is 25.3 Å². The van der Waals surface area contributed by atoms with Gasteiger partial charge in [0, 0.05) is 54.9 Å². The number of morpholine rings is 1. The SMILES string of the molecule is O=C(c1ccc(N2CCOCC2)c([N+](=O)[O-])c1)N1N=C2/C(=C/c3cccc([N+](=O)[O-])c3)CCC[C@@H]2[C@H]1c1cccc([N+](=O)[O-])c1. The first-order valence-corrected chi connectivity index (χ1v) is 14.4. The summed E-state index contributed by atoms with van der Waals surface area (Å²) in [5, 5.41) is 41.2. The van der Waals surface area contributed by atoms with E-state index in [2.05, 4.69) is 0 Å². The normalized spacial score (nSPS) is 20.4. The number of allylic oxidation sites excluding steroid dienone is 1. The number of nitrogens with zero attached hydrogens (tertiary/aromatic N) is 6. The van der Waals surface area contributed by atoms with Gasteiger partial charge in [-0.05, 0) is 54.2 Å². The Labute approximate surface area is 256 Å². The number of rotatable bonds is 7. The molecular formula is C31H28N6O8. The zero-order chi connectivity index (χ0) is 31.7. The molecule has 3 aromatic rings. The highest BCUT2D eigenvalue weighted by Gasteiger charge is 2.44. The predicted octanol–water partition coefficient (Wildman–Crippen LogP) is 5.68. The maximum absolute atomic E-state index is 14.2. The highest BCUT2D eigenvalue weighted by molar-refractivity contribution is 6.09. The quantitative estimate of drug-likeness (QED) is 0.240. The lowest BCUT2D eigenvalue weighted by Gasteiger charge is -2.30. The van der Waals surface area contributed by atoms with Gasteiger partial charge in [0.15, 0.2) is 0 Å². The highest BCUT2D eigenvalue weighted by Crippen LogP contribution is 2.46. The summed E-state index contributed by atoms with van der Waals surface area (Å²) in [6.45, 7) is 1.82. The molecule has 45 heavy (non-hydrogen) atoms. The Kier molecular flexibility index (Phi) is 8.04. The van der Waals surface area contributed by atoms with Crippen molar-refractivity contribution in [3.8, 4) is 0 Å². The van der Waals surface area contributed by atoms with Gasteiger partial charge >= 0.3 is 0 Å². The monoisotopic (exact) mass is 612 g/mol. The molecule has 0 N–H and O–H groups in total. The van der Waals surface area contributed by atoms with Crippen molar-refractivity contribution in [3.63, 3.8) is 0 Å². The molecule has 1 saturated carbocycles. The van der Waals surface area contributed by atoms with E-state index in [1.54, 1.807) is 30.3 Å². The van der Waals surface area contributed by atoms with Crippen LogP contribution in [-0.4, -0.2) is 57.7 Å². The summed E-state index contributed by atoms with van der Waals surface area (Å²) in [7, 11) is 0. The molecule has 230 valence electrons. The van der Waals surface area contributed by atoms with E-state index in [9.17, 15) is 35.1 Å². The second-order valence-electron chi connectivity index (χ2n) is 11.0. The van der Waals surface area contributed by atoms with Gasteiger partial charge in [0.1, 0.15) is 5.69 Å². The third-order valence-electron chi connectivity index (χ3n) is 8.32. The molecule has 3 aliphatic rings. The first kappa shape index (κ1) is 29.6. The lowest BCUT2D eigenvalue weighted by atomic mass is 9.77. The van der Waals surface area contributed by atoms with Gasteiger partial charge < -0.3 is 9.64 Å². The second-order valence-corrected chi connectivity index (χ2v) is 11.0. The van der Waals surface area contributed by atoms with Crippen LogP contribution in [-0.2, 0) is 4.74 Å². The van der Waals surface area contributed by atoms with E-state index in [1.165, 1.54) is 41.4 Å². The van der Waals surface area contributed by atoms with Crippen LogP contribution in [0.25, 0.3) is 6.08 Å². The highest BCUT2D eigenvalue weighted by atomic mass is 16.6. The van der Waals surface area contributed by atoms with Gasteiger partial charge in [-0.15, -0.1) is 0 Å². The van der Waals surface area contributed by atoms with Crippen molar-refractivity contribution >= 4 is 40.4 Å². The summed E-state index contributed by atoms with van der Waals surface area (Å²) in [6.07, 6.45) is 3.80. The number of anilines is 1. The van der Waals surface area contributed by atoms with E-state index in [-0.39, 0.29) is 28.5 Å². The van der Waals surface area contributed by atoms with E-state index in [4.69, 9.17) is 9.84 Å². The van der Waals surface area contributed by atoms with Crippen LogP contribution in [0.4, 0.5) is 22.7 Å². The summed E-state index contributed by atoms with van der Waals surface area (Å²) in [5.41, 5.74) is 2.56. The summed E-state index contributed by atoms with van der Waals surface area (Å²) >= 11 is 0. The number of amides is 1. The van der Waals surface area contributed by atoms with Crippen LogP contribution in [0.15, 0.2) is 77.4 Å². The fourth-order valence-corrected chi connectivity index (χ4v) is 6.26. The molecule has 1 aliphatic carbocycles. The van der Waals surface area contributed by atoms with Crippen molar-refractivity contribution in [2.75, 3.05) is 31.2 Å². The third kappa shape index (κ3) is 5.87. The Bertz CT molecular complexity index is 1770. The molecule has 1 saturated heterocycles. The van der Waals surface area contributed by atoms with Gasteiger partial charge in [-0.25, -0.2) is 5.01 Å². The standard InChI is InChI=1S/C31H28N6O8/c38-31(23-10-11-27(28(19-23)37(43)44)33-12-14-45-15-13-33)34-30(22-6-2-8-25(18-22)36(41)42)26-9-3-5-21(29(26)32-34)16-20-4-1-7-24(17-20)35(39)40/h1-2,4,6-8,10-11,16-19,26,30H,3,5,9,12-15H2/b21-16+/t26-,30+/m0/s1. The average Bonchev–Trinajstić information content (AvgIpc) is 3.45. The minimum absolute atomic E-state index is 0.0568. The Balaban J connectivity index is 1.43. The molecular weight excluding hydrogens is 584 g/mol. The molecule has 2 aliphatic heterocycles. The van der Waals surface area contributed by atoms with Crippen LogP contribution >= 0.6 is 0 Å². The number of hydrazone groups is 1. The number of nitro groups is 3. The van der Waals surface area contributed by atoms with Crippen LogP contribution in [0, 0.1) is 36.3 Å². The van der Waals surface area contributed by atoms with E-state index < -0.39 is 26.7 Å². The van der Waals surface area contributed by atoms with Crippen molar-refractivity contribution < 1.29 is 24.3 Å². The fraction of sp³-hybridized carbons (Fsp3) is 0.290. The number of fused-ring (bicyclic) bond motifs is 1. The van der Waals surface area contributed by atoms with E-state index in [1.807, 2.05) is 11.0 Å². The first-order chi connectivity index (χ1) is 21.7. The summed E-state index contributed by atoms with van der Waals surface area (Å²) in [4.78, 5) is 49.6. The lowest BCUT2D eigenvalue weighted by molar-refractivity contribution is -0.385. The van der Waals surface area contributed by atoms with Gasteiger partial charge in [-0.2, -0.15) is 5.10 Å². The molecule has 14 heteroatoms. The van der Waals surface area contributed by atoms with Crippen LogP contribution in [0.1, 0.15) is 46.8 Å². The molecule has 14 nitrogen and oxygen atoms in total. The molecule has 2 atom stereocenters. The number of hydrogen-bond donors (Lipinski definition) is 0. The Hall–Kier alpha value is -5.50. The van der Waals surface area contributed by atoms with Gasteiger partial charge in [0.05, 0.1) is 39.7 Å². The number of carbonyl (C=O) groups excluding carboxylic acids is 1. The molecule has 2 fully saturated rings. The van der Waals surface area contributed by atoms with Gasteiger partial charge in [-0.3, -0.25) is 35.1 Å². The van der Waals surface area contributed by atoms with E-state index in [0.29, 0.717) is 61.7 Å². The molecule has 0 bridgehead atoms. The predicted molar refractivity (Wildman–Crippen MR) is 164 cm³/mol. The number of hydrogen-bond acceptors (Lipinski definition) is 10. The lowest BCUT2D eigenvalue weighted by Crippen LogP contribution is -2.36. The molecule has 0 aromatic heterocycles. The zero-order valence-corrected chi connectivity index (χ0v) is 24.0. The van der Waals surface area contributed by atoms with Crippen LogP contribution in [0.3, 0.4) is 0 Å². The summed E-state index contributed by atoms with van der Waals surface area (Å²) < 4.78 is 5.37. The van der Waals surface area contributed by atoms with Crippen molar-refractivity contribution in [1.29, 1.82) is 0 Å². The molecule has 0 spiro atoms. The Morgan fingerprint density at radius 1 is 0.889 bits per heavy atom. The number of benzene rings is 3. The Morgan fingerprint density at radius 2 is 1.60 bits per heavy atom. The molecule has 6 rings (SSSR count). The van der Waals surface area contributed by atoms with E-state index >= 15 is 0 Å². The van der Waals surface area contributed by atoms with Gasteiger partial charge in [-0.1, -0.05) is 24.3 Å². The van der Waals surface area contributed by atoms with Crippen LogP contribution in [0.2, 0.25) is 0 Å². The summed E-state index contributed by atoms with van der Waals surface area (Å²) in [6, 6.07) is 15.9. The second kappa shape index (κ2) is 12.2. The minimum atomic E-state index is -0.709. The molecule has 1 amide bonds. The minimum Gasteiger partial charge on any atom is -0.378 e. The Morgan fingerprint density at radius 3 is 2.31 bits per heavy atom. The third-order valence-corrected chi connectivity index (χ3v) is 8.32. The smallest absolute Gasteiger partial charge is 0.293 e. The average molecular weight is 613 g/mol. The van der Waals surface area contributed by atoms with Gasteiger partial charge in [0.25, 0.3) is 23.0 Å². The molecule has 0 radical (unpaired) electrons. The number of ether oxygens (including phenoxy) is 1. The van der Waals surface area contributed by atoms with Crippen molar-refractivity contribution in [2.24, 2.45) is 11.0 Å². The largest absolute Gasteiger partial charge is 0.378 e. The maximum atomic E-state index is 14.2.